The fourth-order valence-corrected chi connectivity index (χ4v) is 4.01. The molecule has 0 saturated heterocycles. The van der Waals surface area contributed by atoms with Gasteiger partial charge in [-0.05, 0) is 46.0 Å². The smallest absolute Gasteiger partial charge is 0.00695 e. The monoisotopic (exact) mass is 266 g/mol. The highest BCUT2D eigenvalue weighted by molar-refractivity contribution is 4.80. The lowest BCUT2D eigenvalue weighted by atomic mass is 9.93. The molecule has 0 aliphatic heterocycles. The normalized spacial score (nSPS) is 26.2. The lowest BCUT2D eigenvalue weighted by Gasteiger charge is -2.30. The van der Waals surface area contributed by atoms with Gasteiger partial charge in [0.15, 0.2) is 0 Å². The zero-order valence-corrected chi connectivity index (χ0v) is 13.1. The Morgan fingerprint density at radius 1 is 0.684 bits per heavy atom. The second-order valence-corrected chi connectivity index (χ2v) is 7.04. The van der Waals surface area contributed by atoms with Crippen LogP contribution in [-0.2, 0) is 0 Å². The molecule has 0 bridgehead atoms. The Hall–Kier alpha value is -0.0800. The minimum absolute atomic E-state index is 0.661. The summed E-state index contributed by atoms with van der Waals surface area (Å²) in [7, 11) is 0. The van der Waals surface area contributed by atoms with E-state index in [0.29, 0.717) is 12.1 Å². The van der Waals surface area contributed by atoms with Crippen LogP contribution >= 0.6 is 0 Å². The van der Waals surface area contributed by atoms with Crippen molar-refractivity contribution in [2.75, 3.05) is 0 Å². The molecule has 2 fully saturated rings. The fourth-order valence-electron chi connectivity index (χ4n) is 4.01. The Bertz CT molecular complexity index is 205. The van der Waals surface area contributed by atoms with E-state index < -0.39 is 0 Å². The van der Waals surface area contributed by atoms with Crippen LogP contribution in [0, 0.1) is 0 Å². The number of nitrogens with one attached hydrogen (secondary N) is 2. The molecule has 2 N–H and O–H groups in total. The summed E-state index contributed by atoms with van der Waals surface area (Å²) in [5, 5.41) is 7.69. The van der Waals surface area contributed by atoms with Gasteiger partial charge < -0.3 is 10.6 Å². The Morgan fingerprint density at radius 2 is 1.05 bits per heavy atom. The maximum absolute atomic E-state index is 3.85. The van der Waals surface area contributed by atoms with Crippen LogP contribution < -0.4 is 10.6 Å². The maximum Gasteiger partial charge on any atom is 0.00695 e. The summed E-state index contributed by atoms with van der Waals surface area (Å²) >= 11 is 0. The van der Waals surface area contributed by atoms with Crippen molar-refractivity contribution in [3.8, 4) is 0 Å². The van der Waals surface area contributed by atoms with E-state index in [2.05, 4.69) is 24.5 Å². The number of rotatable bonds is 6. The molecule has 2 rings (SSSR count). The molecule has 0 spiro atoms. The van der Waals surface area contributed by atoms with Crippen molar-refractivity contribution in [2.24, 2.45) is 0 Å². The van der Waals surface area contributed by atoms with E-state index >= 15 is 0 Å². The quantitative estimate of drug-likeness (QED) is 0.759. The summed E-state index contributed by atoms with van der Waals surface area (Å²) < 4.78 is 0. The molecule has 19 heavy (non-hydrogen) atoms. The van der Waals surface area contributed by atoms with Gasteiger partial charge in [0.25, 0.3) is 0 Å². The van der Waals surface area contributed by atoms with Crippen molar-refractivity contribution in [2.45, 2.75) is 109 Å². The first kappa shape index (κ1) is 15.3. The third-order valence-corrected chi connectivity index (χ3v) is 4.96. The zero-order valence-electron chi connectivity index (χ0n) is 13.1. The van der Waals surface area contributed by atoms with Gasteiger partial charge in [-0.1, -0.05) is 38.5 Å². The van der Waals surface area contributed by atoms with Crippen LogP contribution in [0.4, 0.5) is 0 Å². The van der Waals surface area contributed by atoms with Gasteiger partial charge in [-0.15, -0.1) is 0 Å². The highest BCUT2D eigenvalue weighted by Gasteiger charge is 2.19. The second kappa shape index (κ2) is 8.26. The van der Waals surface area contributed by atoms with Crippen LogP contribution in [0.25, 0.3) is 0 Å². The van der Waals surface area contributed by atoms with Crippen LogP contribution in [0.5, 0.6) is 0 Å². The van der Waals surface area contributed by atoms with E-state index in [1.807, 2.05) is 0 Å². The van der Waals surface area contributed by atoms with Crippen LogP contribution in [0.1, 0.15) is 84.5 Å². The molecule has 0 radical (unpaired) electrons. The predicted molar refractivity (Wildman–Crippen MR) is 83.6 cm³/mol. The Morgan fingerprint density at radius 3 is 1.42 bits per heavy atom. The van der Waals surface area contributed by atoms with Crippen molar-refractivity contribution < 1.29 is 0 Å². The number of hydrogen-bond donors (Lipinski definition) is 2. The van der Waals surface area contributed by atoms with Crippen molar-refractivity contribution in [1.82, 2.24) is 10.6 Å². The molecule has 2 aliphatic carbocycles. The molecule has 2 aliphatic rings. The molecule has 2 saturated carbocycles. The third-order valence-electron chi connectivity index (χ3n) is 4.96. The van der Waals surface area contributed by atoms with Gasteiger partial charge in [-0.25, -0.2) is 0 Å². The molecule has 2 unspecified atom stereocenters. The summed E-state index contributed by atoms with van der Waals surface area (Å²) in [4.78, 5) is 0. The van der Waals surface area contributed by atoms with Gasteiger partial charge in [0.05, 0.1) is 0 Å². The largest absolute Gasteiger partial charge is 0.311 e. The molecule has 2 nitrogen and oxygen atoms in total. The molecular formula is C17H34N2. The summed E-state index contributed by atoms with van der Waals surface area (Å²) in [6.07, 6.45) is 15.5. The molecule has 0 aromatic carbocycles. The highest BCUT2D eigenvalue weighted by atomic mass is 15.0. The maximum atomic E-state index is 3.85. The third kappa shape index (κ3) is 5.83. The molecule has 0 heterocycles. The minimum Gasteiger partial charge on any atom is -0.311 e. The summed E-state index contributed by atoms with van der Waals surface area (Å²) in [6, 6.07) is 2.92. The van der Waals surface area contributed by atoms with Crippen LogP contribution in [0.15, 0.2) is 0 Å². The van der Waals surface area contributed by atoms with Gasteiger partial charge in [-0.2, -0.15) is 0 Å². The molecule has 0 amide bonds. The van der Waals surface area contributed by atoms with E-state index in [1.165, 1.54) is 70.6 Å². The molecule has 112 valence electrons. The predicted octanol–water partition coefficient (Wildman–Crippen LogP) is 4.00. The molecule has 2 heteroatoms. The molecule has 0 aromatic rings. The van der Waals surface area contributed by atoms with E-state index in [0.717, 1.165) is 12.1 Å². The molecule has 2 atom stereocenters. The van der Waals surface area contributed by atoms with Crippen molar-refractivity contribution >= 4 is 0 Å². The van der Waals surface area contributed by atoms with Gasteiger partial charge in [-0.3, -0.25) is 0 Å². The highest BCUT2D eigenvalue weighted by Crippen LogP contribution is 2.20. The second-order valence-electron chi connectivity index (χ2n) is 7.04. The first-order valence-corrected chi connectivity index (χ1v) is 8.76. The van der Waals surface area contributed by atoms with Gasteiger partial charge in [0.2, 0.25) is 0 Å². The Labute approximate surface area is 120 Å². The SMILES string of the molecule is CC(CC(C)NC1CCCCC1)NC1CCCCC1. The lowest BCUT2D eigenvalue weighted by Crippen LogP contribution is -2.44. The average Bonchev–Trinajstić information content (AvgIpc) is 2.40. The minimum atomic E-state index is 0.661. The zero-order chi connectivity index (χ0) is 13.5. The van der Waals surface area contributed by atoms with Crippen molar-refractivity contribution in [3.63, 3.8) is 0 Å². The summed E-state index contributed by atoms with van der Waals surface area (Å²) in [5.41, 5.74) is 0. The van der Waals surface area contributed by atoms with E-state index in [4.69, 9.17) is 0 Å². The van der Waals surface area contributed by atoms with Crippen LogP contribution in [-0.4, -0.2) is 24.2 Å². The van der Waals surface area contributed by atoms with Gasteiger partial charge >= 0.3 is 0 Å². The van der Waals surface area contributed by atoms with Crippen molar-refractivity contribution in [1.29, 1.82) is 0 Å². The topological polar surface area (TPSA) is 24.1 Å². The van der Waals surface area contributed by atoms with Crippen LogP contribution in [0.2, 0.25) is 0 Å². The lowest BCUT2D eigenvalue weighted by molar-refractivity contribution is 0.295. The standard InChI is InChI=1S/C17H34N2/c1-14(18-16-9-5-3-6-10-16)13-15(2)19-17-11-7-4-8-12-17/h14-19H,3-13H2,1-2H3. The van der Waals surface area contributed by atoms with E-state index in [1.54, 1.807) is 0 Å². The molecular weight excluding hydrogens is 232 g/mol. The number of hydrogen-bond acceptors (Lipinski definition) is 2. The molecule has 0 aromatic heterocycles. The van der Waals surface area contributed by atoms with Gasteiger partial charge in [0.1, 0.15) is 0 Å². The Kier molecular flexibility index (Phi) is 6.66. The van der Waals surface area contributed by atoms with E-state index in [9.17, 15) is 0 Å². The van der Waals surface area contributed by atoms with Crippen molar-refractivity contribution in [3.05, 3.63) is 0 Å². The Balaban J connectivity index is 1.61. The summed E-state index contributed by atoms with van der Waals surface area (Å²) in [6.45, 7) is 4.74. The summed E-state index contributed by atoms with van der Waals surface area (Å²) in [5.74, 6) is 0. The fraction of sp³-hybridized carbons (Fsp3) is 1.00. The first-order chi connectivity index (χ1) is 9.24. The van der Waals surface area contributed by atoms with Gasteiger partial charge in [0, 0.05) is 24.2 Å². The van der Waals surface area contributed by atoms with Crippen LogP contribution in [0.3, 0.4) is 0 Å². The first-order valence-electron chi connectivity index (χ1n) is 8.76. The average molecular weight is 266 g/mol. The van der Waals surface area contributed by atoms with E-state index in [-0.39, 0.29) is 0 Å².